The van der Waals surface area contributed by atoms with Crippen LogP contribution in [0.2, 0.25) is 0 Å². The van der Waals surface area contributed by atoms with Crippen molar-refractivity contribution in [1.29, 1.82) is 0 Å². The molecule has 5 heteroatoms. The number of rotatable bonds is 0. The first-order valence-corrected chi connectivity index (χ1v) is 6.14. The van der Waals surface area contributed by atoms with Crippen LogP contribution < -0.4 is 0 Å². The molecule has 0 aromatic carbocycles. The molecule has 3 aliphatic rings. The average Bonchev–Trinajstić information content (AvgIpc) is 2.46. The molecule has 5 nitrogen and oxygen atoms in total. The first-order chi connectivity index (χ1) is 7.87. The van der Waals surface area contributed by atoms with E-state index in [4.69, 9.17) is 4.74 Å². The highest BCUT2D eigenvalue weighted by Gasteiger charge is 2.37. The number of hydrogen-bond donors (Lipinski definition) is 0. The van der Waals surface area contributed by atoms with E-state index in [1.165, 1.54) is 0 Å². The Morgan fingerprint density at radius 1 is 1.29 bits per heavy atom. The number of carbonyl (C=O) groups is 2. The largest absolute Gasteiger partial charge is 0.444 e. The highest BCUT2D eigenvalue weighted by atomic mass is 16.6. The van der Waals surface area contributed by atoms with Gasteiger partial charge in [-0.25, -0.2) is 4.79 Å². The molecule has 0 saturated carbocycles. The van der Waals surface area contributed by atoms with Crippen molar-refractivity contribution >= 4 is 12.0 Å². The van der Waals surface area contributed by atoms with E-state index in [-0.39, 0.29) is 24.6 Å². The fraction of sp³-hybridized carbons (Fsp3) is 0.833. The van der Waals surface area contributed by atoms with Crippen molar-refractivity contribution in [3.05, 3.63) is 0 Å². The van der Waals surface area contributed by atoms with Gasteiger partial charge in [-0.15, -0.1) is 0 Å². The van der Waals surface area contributed by atoms with Crippen molar-refractivity contribution in [1.82, 2.24) is 9.80 Å². The number of nitrogens with zero attached hydrogens (tertiary/aromatic N) is 2. The molecular formula is C12H20N2O3. The van der Waals surface area contributed by atoms with Crippen LogP contribution in [0.4, 0.5) is 4.79 Å². The predicted molar refractivity (Wildman–Crippen MR) is 62.5 cm³/mol. The second-order valence-electron chi connectivity index (χ2n) is 5.72. The molecule has 0 unspecified atom stereocenters. The van der Waals surface area contributed by atoms with Crippen molar-refractivity contribution in [3.63, 3.8) is 0 Å². The molecule has 3 rings (SSSR count). The summed E-state index contributed by atoms with van der Waals surface area (Å²) in [5, 5.41) is 0. The third kappa shape index (κ3) is 2.70. The maximum Gasteiger partial charge on any atom is 0.411 e. The fourth-order valence-electron chi connectivity index (χ4n) is 2.34. The van der Waals surface area contributed by atoms with Crippen molar-refractivity contribution < 1.29 is 14.3 Å². The zero-order valence-electron chi connectivity index (χ0n) is 10.7. The first kappa shape index (κ1) is 12.2. The van der Waals surface area contributed by atoms with Crippen LogP contribution in [0, 0.1) is 0 Å². The van der Waals surface area contributed by atoms with Crippen LogP contribution in [0.25, 0.3) is 0 Å². The van der Waals surface area contributed by atoms with E-state index in [2.05, 4.69) is 0 Å². The maximum atomic E-state index is 12.0. The minimum Gasteiger partial charge on any atom is -0.444 e. The topological polar surface area (TPSA) is 49.9 Å². The Balaban J connectivity index is 2.09. The van der Waals surface area contributed by atoms with Gasteiger partial charge in [-0.1, -0.05) is 0 Å². The van der Waals surface area contributed by atoms with Gasteiger partial charge in [0.1, 0.15) is 12.1 Å². The lowest BCUT2D eigenvalue weighted by molar-refractivity contribution is -0.130. The summed E-state index contributed by atoms with van der Waals surface area (Å²) in [6, 6.07) is 0.160. The zero-order chi connectivity index (χ0) is 12.6. The van der Waals surface area contributed by atoms with Gasteiger partial charge >= 0.3 is 6.09 Å². The van der Waals surface area contributed by atoms with E-state index < -0.39 is 5.60 Å². The molecule has 96 valence electrons. The van der Waals surface area contributed by atoms with Gasteiger partial charge in [-0.2, -0.15) is 0 Å². The summed E-state index contributed by atoms with van der Waals surface area (Å²) in [5.74, 6) is 0.0378. The highest BCUT2D eigenvalue weighted by Crippen LogP contribution is 2.23. The quantitative estimate of drug-likeness (QED) is 0.640. The summed E-state index contributed by atoms with van der Waals surface area (Å²) in [6.45, 7) is 7.22. The third-order valence-electron chi connectivity index (χ3n) is 3.19. The standard InChI is InChI=1S/C12H20N2O3/c1-12(2,3)17-11(16)14-8-10(15)13-6-4-9(14)5-7-13/h9H,4-8H2,1-3H3. The Kier molecular flexibility index (Phi) is 3.02. The summed E-state index contributed by atoms with van der Waals surface area (Å²) in [6.07, 6.45) is 1.37. The van der Waals surface area contributed by atoms with Crippen molar-refractivity contribution in [2.24, 2.45) is 0 Å². The minimum atomic E-state index is -0.509. The normalized spacial score (nSPS) is 21.7. The van der Waals surface area contributed by atoms with Crippen LogP contribution in [0.5, 0.6) is 0 Å². The molecule has 0 aromatic heterocycles. The molecule has 3 saturated heterocycles. The average molecular weight is 240 g/mol. The lowest BCUT2D eigenvalue weighted by Gasteiger charge is -2.32. The summed E-state index contributed by atoms with van der Waals surface area (Å²) in [4.78, 5) is 27.3. The molecule has 3 aliphatic heterocycles. The molecule has 17 heavy (non-hydrogen) atoms. The molecule has 2 bridgehead atoms. The van der Waals surface area contributed by atoms with Crippen LogP contribution >= 0.6 is 0 Å². The minimum absolute atomic E-state index is 0.0378. The van der Waals surface area contributed by atoms with Gasteiger partial charge in [0.15, 0.2) is 0 Å². The van der Waals surface area contributed by atoms with Crippen LogP contribution in [-0.4, -0.2) is 53.1 Å². The van der Waals surface area contributed by atoms with Gasteiger partial charge in [0.25, 0.3) is 0 Å². The van der Waals surface area contributed by atoms with Crippen molar-refractivity contribution in [2.45, 2.75) is 45.3 Å². The second kappa shape index (κ2) is 4.20. The van der Waals surface area contributed by atoms with E-state index in [0.717, 1.165) is 25.9 Å². The van der Waals surface area contributed by atoms with Gasteiger partial charge in [0.05, 0.1) is 0 Å². The maximum absolute atomic E-state index is 12.0. The first-order valence-electron chi connectivity index (χ1n) is 6.14. The van der Waals surface area contributed by atoms with Gasteiger partial charge in [-0.3, -0.25) is 9.69 Å². The van der Waals surface area contributed by atoms with Crippen LogP contribution in [0.15, 0.2) is 0 Å². The van der Waals surface area contributed by atoms with Crippen LogP contribution in [0.3, 0.4) is 0 Å². The van der Waals surface area contributed by atoms with Gasteiger partial charge in [-0.05, 0) is 33.6 Å². The smallest absolute Gasteiger partial charge is 0.411 e. The van der Waals surface area contributed by atoms with E-state index >= 15 is 0 Å². The molecule has 3 heterocycles. The molecule has 0 radical (unpaired) electrons. The number of piperidine rings is 1. The SMILES string of the molecule is CC(C)(C)OC(=O)N1CC(=O)N2CCC1CC2. The fourth-order valence-corrected chi connectivity index (χ4v) is 2.34. The summed E-state index contributed by atoms with van der Waals surface area (Å²) in [7, 11) is 0. The summed E-state index contributed by atoms with van der Waals surface area (Å²) < 4.78 is 5.35. The van der Waals surface area contributed by atoms with Crippen molar-refractivity contribution in [3.8, 4) is 0 Å². The molecule has 0 spiro atoms. The highest BCUT2D eigenvalue weighted by molar-refractivity contribution is 5.83. The Labute approximate surface area is 102 Å². The molecule has 0 N–H and O–H groups in total. The van der Waals surface area contributed by atoms with E-state index in [0.29, 0.717) is 0 Å². The lowest BCUT2D eigenvalue weighted by atomic mass is 10.1. The van der Waals surface area contributed by atoms with Gasteiger partial charge < -0.3 is 9.64 Å². The van der Waals surface area contributed by atoms with E-state index in [9.17, 15) is 9.59 Å². The molecule has 3 fully saturated rings. The summed E-state index contributed by atoms with van der Waals surface area (Å²) >= 11 is 0. The van der Waals surface area contributed by atoms with Gasteiger partial charge in [0.2, 0.25) is 5.91 Å². The Morgan fingerprint density at radius 3 is 2.41 bits per heavy atom. The number of hydrogen-bond acceptors (Lipinski definition) is 3. The number of carbonyl (C=O) groups excluding carboxylic acids is 2. The number of ether oxygens (including phenoxy) is 1. The van der Waals surface area contributed by atoms with Crippen molar-refractivity contribution in [2.75, 3.05) is 19.6 Å². The molecule has 0 aromatic rings. The molecule has 2 amide bonds. The predicted octanol–water partition coefficient (Wildman–Crippen LogP) is 1.23. The Hall–Kier alpha value is -1.26. The lowest BCUT2D eigenvalue weighted by Crippen LogP contribution is -2.44. The number of amides is 2. The second-order valence-corrected chi connectivity index (χ2v) is 5.72. The summed E-state index contributed by atoms with van der Waals surface area (Å²) in [5.41, 5.74) is -0.509. The molecule has 0 atom stereocenters. The van der Waals surface area contributed by atoms with Gasteiger partial charge in [0, 0.05) is 19.1 Å². The monoisotopic (exact) mass is 240 g/mol. The Bertz CT molecular complexity index is 327. The van der Waals surface area contributed by atoms with E-state index in [1.54, 1.807) is 4.90 Å². The van der Waals surface area contributed by atoms with Crippen LogP contribution in [-0.2, 0) is 9.53 Å². The zero-order valence-corrected chi connectivity index (χ0v) is 10.7. The molecule has 0 aliphatic carbocycles. The Morgan fingerprint density at radius 2 is 1.88 bits per heavy atom. The van der Waals surface area contributed by atoms with E-state index in [1.807, 2.05) is 25.7 Å². The third-order valence-corrected chi connectivity index (χ3v) is 3.19. The number of fused-ring (bicyclic) bond motifs is 4. The molecular weight excluding hydrogens is 220 g/mol. The van der Waals surface area contributed by atoms with Crippen LogP contribution in [0.1, 0.15) is 33.6 Å².